The number of nitrogens with one attached hydrogen (secondary N) is 2. The Kier molecular flexibility index (Phi) is 4.93. The minimum atomic E-state index is -0.989. The van der Waals surface area contributed by atoms with Gasteiger partial charge in [-0.15, -0.1) is 0 Å². The molecule has 0 saturated heterocycles. The van der Waals surface area contributed by atoms with E-state index in [0.29, 0.717) is 16.6 Å². The Labute approximate surface area is 160 Å². The number of ether oxygens (including phenoxy) is 1. The number of hydrogen-bond donors (Lipinski definition) is 2. The number of methoxy groups -OCH3 is 1. The molecule has 0 saturated carbocycles. The van der Waals surface area contributed by atoms with Gasteiger partial charge in [0, 0.05) is 17.1 Å². The quantitative estimate of drug-likeness (QED) is 0.638. The number of halogens is 2. The summed E-state index contributed by atoms with van der Waals surface area (Å²) in [6.07, 6.45) is 1.69. The lowest BCUT2D eigenvalue weighted by Gasteiger charge is -2.24. The zero-order chi connectivity index (χ0) is 19.8. The van der Waals surface area contributed by atoms with E-state index >= 15 is 0 Å². The van der Waals surface area contributed by atoms with Crippen molar-refractivity contribution >= 4 is 40.1 Å². The number of amides is 1. The topological polar surface area (TPSA) is 71.2 Å². The van der Waals surface area contributed by atoms with E-state index in [1.807, 2.05) is 0 Å². The van der Waals surface area contributed by atoms with Crippen molar-refractivity contribution in [3.63, 3.8) is 0 Å². The van der Waals surface area contributed by atoms with Crippen molar-refractivity contribution in [1.82, 2.24) is 4.98 Å². The Bertz CT molecular complexity index is 1040. The second kappa shape index (κ2) is 7.04. The molecule has 5 nitrogen and oxygen atoms in total. The van der Waals surface area contributed by atoms with Crippen LogP contribution in [0.4, 0.5) is 10.1 Å². The van der Waals surface area contributed by atoms with Crippen LogP contribution in [-0.2, 0) is 14.9 Å². The number of esters is 1. The molecule has 1 heterocycles. The molecular weight excluding hydrogens is 371 g/mol. The van der Waals surface area contributed by atoms with Crippen LogP contribution in [0.15, 0.2) is 42.6 Å². The number of benzene rings is 2. The van der Waals surface area contributed by atoms with Crippen LogP contribution in [-0.4, -0.2) is 24.0 Å². The summed E-state index contributed by atoms with van der Waals surface area (Å²) in [6, 6.07) is 8.85. The zero-order valence-corrected chi connectivity index (χ0v) is 15.8. The molecule has 1 aromatic heterocycles. The molecular formula is C20H18ClFN2O3. The third-order valence-electron chi connectivity index (χ3n) is 4.52. The highest BCUT2D eigenvalue weighted by atomic mass is 35.5. The fourth-order valence-corrected chi connectivity index (χ4v) is 3.04. The maximum Gasteiger partial charge on any atom is 0.337 e. The highest BCUT2D eigenvalue weighted by molar-refractivity contribution is 6.34. The van der Waals surface area contributed by atoms with Crippen LogP contribution in [0.1, 0.15) is 29.8 Å². The summed E-state index contributed by atoms with van der Waals surface area (Å²) in [6.45, 7) is 3.46. The summed E-state index contributed by atoms with van der Waals surface area (Å²) in [4.78, 5) is 27.7. The molecule has 1 amide bonds. The first-order chi connectivity index (χ1) is 12.7. The lowest BCUT2D eigenvalue weighted by atomic mass is 9.83. The number of hydrogen-bond acceptors (Lipinski definition) is 3. The predicted octanol–water partition coefficient (Wildman–Crippen LogP) is 4.66. The van der Waals surface area contributed by atoms with E-state index in [-0.39, 0.29) is 22.3 Å². The minimum absolute atomic E-state index is 0.268. The molecule has 0 fully saturated rings. The van der Waals surface area contributed by atoms with Crippen LogP contribution < -0.4 is 5.32 Å². The molecule has 0 aliphatic heterocycles. The second-order valence-electron chi connectivity index (χ2n) is 6.66. The highest BCUT2D eigenvalue weighted by Crippen LogP contribution is 2.33. The van der Waals surface area contributed by atoms with Crippen molar-refractivity contribution in [2.24, 2.45) is 0 Å². The van der Waals surface area contributed by atoms with Crippen LogP contribution in [0.2, 0.25) is 5.02 Å². The molecule has 27 heavy (non-hydrogen) atoms. The third-order valence-corrected chi connectivity index (χ3v) is 4.85. The Morgan fingerprint density at radius 2 is 1.93 bits per heavy atom. The first-order valence-electron chi connectivity index (χ1n) is 8.20. The summed E-state index contributed by atoms with van der Waals surface area (Å²) in [7, 11) is 1.27. The van der Waals surface area contributed by atoms with Gasteiger partial charge in [-0.25, -0.2) is 9.18 Å². The number of aromatic nitrogens is 1. The van der Waals surface area contributed by atoms with Crippen LogP contribution in [0.5, 0.6) is 0 Å². The maximum absolute atomic E-state index is 13.7. The summed E-state index contributed by atoms with van der Waals surface area (Å²) < 4.78 is 18.3. The first-order valence-corrected chi connectivity index (χ1v) is 8.58. The van der Waals surface area contributed by atoms with Gasteiger partial charge in [0.2, 0.25) is 5.91 Å². The average molecular weight is 389 g/mol. The van der Waals surface area contributed by atoms with E-state index in [9.17, 15) is 14.0 Å². The van der Waals surface area contributed by atoms with Crippen molar-refractivity contribution in [1.29, 1.82) is 0 Å². The van der Waals surface area contributed by atoms with Gasteiger partial charge in [0.15, 0.2) is 0 Å². The molecule has 140 valence electrons. The van der Waals surface area contributed by atoms with E-state index in [1.54, 1.807) is 26.1 Å². The van der Waals surface area contributed by atoms with E-state index in [2.05, 4.69) is 15.0 Å². The molecule has 0 aliphatic carbocycles. The number of aromatic amines is 1. The summed E-state index contributed by atoms with van der Waals surface area (Å²) >= 11 is 6.16. The number of carbonyl (C=O) groups excluding carboxylic acids is 2. The molecule has 3 aromatic rings. The standard InChI is InChI=1S/C20H18ClFN2O3/c1-20(2,14-10-23-16-7-5-12(22)9-13(14)16)19(26)24-17-8-11(18(25)27-3)4-6-15(17)21/h4-10,23H,1-3H3,(H,24,26). The Balaban J connectivity index is 1.95. The lowest BCUT2D eigenvalue weighted by molar-refractivity contribution is -0.120. The van der Waals surface area contributed by atoms with Crippen molar-refractivity contribution in [3.8, 4) is 0 Å². The van der Waals surface area contributed by atoms with Crippen LogP contribution in [0.25, 0.3) is 10.9 Å². The van der Waals surface area contributed by atoms with E-state index in [1.165, 1.54) is 37.4 Å². The average Bonchev–Trinajstić information content (AvgIpc) is 3.06. The van der Waals surface area contributed by atoms with Crippen LogP contribution in [0.3, 0.4) is 0 Å². The van der Waals surface area contributed by atoms with E-state index in [4.69, 9.17) is 11.6 Å². The lowest BCUT2D eigenvalue weighted by Crippen LogP contribution is -2.34. The van der Waals surface area contributed by atoms with Gasteiger partial charge >= 0.3 is 5.97 Å². The zero-order valence-electron chi connectivity index (χ0n) is 15.0. The maximum atomic E-state index is 13.7. The van der Waals surface area contributed by atoms with Crippen molar-refractivity contribution in [2.45, 2.75) is 19.3 Å². The smallest absolute Gasteiger partial charge is 0.337 e. The monoisotopic (exact) mass is 388 g/mol. The largest absolute Gasteiger partial charge is 0.465 e. The number of anilines is 1. The van der Waals surface area contributed by atoms with Gasteiger partial charge in [-0.05, 0) is 55.8 Å². The summed E-state index contributed by atoms with van der Waals surface area (Å²) in [5.74, 6) is -1.27. The molecule has 0 unspecified atom stereocenters. The van der Waals surface area contributed by atoms with Gasteiger partial charge in [-0.1, -0.05) is 11.6 Å². The fourth-order valence-electron chi connectivity index (χ4n) is 2.88. The Morgan fingerprint density at radius 3 is 2.63 bits per heavy atom. The van der Waals surface area contributed by atoms with Crippen LogP contribution in [0, 0.1) is 5.82 Å². The number of carbonyl (C=O) groups is 2. The molecule has 0 radical (unpaired) electrons. The number of rotatable bonds is 4. The van der Waals surface area contributed by atoms with Gasteiger partial charge in [-0.3, -0.25) is 4.79 Å². The molecule has 2 aromatic carbocycles. The van der Waals surface area contributed by atoms with Crippen molar-refractivity contribution in [3.05, 3.63) is 64.6 Å². The van der Waals surface area contributed by atoms with E-state index in [0.717, 1.165) is 5.52 Å². The predicted molar refractivity (Wildman–Crippen MR) is 103 cm³/mol. The Morgan fingerprint density at radius 1 is 1.19 bits per heavy atom. The summed E-state index contributed by atoms with van der Waals surface area (Å²) in [5, 5.41) is 3.67. The normalized spacial score (nSPS) is 11.4. The van der Waals surface area contributed by atoms with Gasteiger partial charge < -0.3 is 15.0 Å². The third kappa shape index (κ3) is 3.53. The number of fused-ring (bicyclic) bond motifs is 1. The van der Waals surface area contributed by atoms with Gasteiger partial charge in [0.05, 0.1) is 28.8 Å². The molecule has 0 aliphatic rings. The van der Waals surface area contributed by atoms with Crippen LogP contribution >= 0.6 is 11.6 Å². The van der Waals surface area contributed by atoms with Crippen molar-refractivity contribution in [2.75, 3.05) is 12.4 Å². The molecule has 0 bridgehead atoms. The molecule has 2 N–H and O–H groups in total. The summed E-state index contributed by atoms with van der Waals surface area (Å²) in [5.41, 5.74) is 0.956. The Hall–Kier alpha value is -2.86. The molecule has 0 spiro atoms. The first kappa shape index (κ1) is 18.9. The van der Waals surface area contributed by atoms with Gasteiger partial charge in [0.25, 0.3) is 0 Å². The van der Waals surface area contributed by atoms with E-state index < -0.39 is 11.4 Å². The molecule has 7 heteroatoms. The van der Waals surface area contributed by atoms with Gasteiger partial charge in [0.1, 0.15) is 5.82 Å². The SMILES string of the molecule is COC(=O)c1ccc(Cl)c(NC(=O)C(C)(C)c2c[nH]c3ccc(F)cc23)c1. The molecule has 3 rings (SSSR count). The minimum Gasteiger partial charge on any atom is -0.465 e. The highest BCUT2D eigenvalue weighted by Gasteiger charge is 2.33. The van der Waals surface area contributed by atoms with Gasteiger partial charge in [-0.2, -0.15) is 0 Å². The second-order valence-corrected chi connectivity index (χ2v) is 7.06. The van der Waals surface area contributed by atoms with Crippen molar-refractivity contribution < 1.29 is 18.7 Å². The fraction of sp³-hybridized carbons (Fsp3) is 0.200. The molecule has 0 atom stereocenters. The number of H-pyrrole nitrogens is 1.